The minimum Gasteiger partial charge on any atom is -0.447 e. The minimum absolute atomic E-state index is 0.00953. The van der Waals surface area contributed by atoms with Crippen LogP contribution in [0.5, 0.6) is 10.8 Å². The largest absolute Gasteiger partial charge is 0.447 e. The number of nitrogens with two attached hydrogens (primary N) is 3. The molecule has 0 saturated carbocycles. The molecule has 8 heteroatoms. The van der Waals surface area contributed by atoms with E-state index in [1.807, 2.05) is 6.07 Å². The number of primary amides is 1. The molecule has 0 aliphatic heterocycles. The highest BCUT2D eigenvalue weighted by molar-refractivity contribution is 7.13. The summed E-state index contributed by atoms with van der Waals surface area (Å²) in [6.45, 7) is 0. The molecule has 1 amide bonds. The molecule has 2 aromatic heterocycles. The van der Waals surface area contributed by atoms with Gasteiger partial charge >= 0.3 is 0 Å². The maximum absolute atomic E-state index is 13.2. The first kappa shape index (κ1) is 16.7. The molecule has 2 heterocycles. The van der Waals surface area contributed by atoms with Crippen LogP contribution in [-0.4, -0.2) is 10.9 Å². The van der Waals surface area contributed by atoms with Gasteiger partial charge in [0.1, 0.15) is 22.9 Å². The number of nitrogens with zero attached hydrogens (tertiary/aromatic N) is 1. The highest BCUT2D eigenvalue weighted by Crippen LogP contribution is 2.31. The van der Waals surface area contributed by atoms with Gasteiger partial charge in [-0.25, -0.2) is 9.37 Å². The Labute approximate surface area is 147 Å². The molecule has 1 aromatic carbocycles. The maximum Gasteiger partial charge on any atom is 0.254 e. The molecule has 0 atom stereocenters. The Hall–Kier alpha value is -3.13. The maximum atomic E-state index is 13.2. The number of rotatable bonds is 5. The van der Waals surface area contributed by atoms with Gasteiger partial charge in [-0.15, -0.1) is 11.3 Å². The molecule has 0 aliphatic carbocycles. The van der Waals surface area contributed by atoms with Crippen molar-refractivity contribution in [3.63, 3.8) is 0 Å². The molecule has 0 fully saturated rings. The molecule has 0 unspecified atom stereocenters. The molecule has 0 bridgehead atoms. The van der Waals surface area contributed by atoms with Crippen molar-refractivity contribution in [1.29, 1.82) is 0 Å². The number of benzene rings is 1. The lowest BCUT2D eigenvalue weighted by Gasteiger charge is -2.07. The molecule has 3 aromatic rings. The monoisotopic (exact) mass is 358 g/mol. The van der Waals surface area contributed by atoms with E-state index in [-0.39, 0.29) is 22.9 Å². The van der Waals surface area contributed by atoms with Gasteiger partial charge in [-0.3, -0.25) is 4.79 Å². The number of hydrogen-bond donors (Lipinski definition) is 3. The number of anilines is 2. The lowest BCUT2D eigenvalue weighted by Crippen LogP contribution is -2.17. The Morgan fingerprint density at radius 1 is 1.20 bits per heavy atom. The van der Waals surface area contributed by atoms with Crippen LogP contribution in [-0.2, 0) is 6.42 Å². The van der Waals surface area contributed by atoms with Gasteiger partial charge < -0.3 is 21.9 Å². The number of pyridine rings is 1. The van der Waals surface area contributed by atoms with Crippen molar-refractivity contribution in [1.82, 2.24) is 4.98 Å². The average Bonchev–Trinajstić information content (AvgIpc) is 2.93. The van der Waals surface area contributed by atoms with E-state index in [1.165, 1.54) is 23.5 Å². The van der Waals surface area contributed by atoms with Crippen LogP contribution in [0.1, 0.15) is 20.9 Å². The second kappa shape index (κ2) is 6.78. The summed E-state index contributed by atoms with van der Waals surface area (Å²) in [6, 6.07) is 11.1. The van der Waals surface area contributed by atoms with E-state index in [1.54, 1.807) is 24.3 Å². The summed E-state index contributed by atoms with van der Waals surface area (Å²) in [7, 11) is 0. The van der Waals surface area contributed by atoms with E-state index in [0.29, 0.717) is 22.9 Å². The van der Waals surface area contributed by atoms with Gasteiger partial charge in [0, 0.05) is 23.1 Å². The zero-order valence-corrected chi connectivity index (χ0v) is 13.8. The summed E-state index contributed by atoms with van der Waals surface area (Å²) in [6.07, 6.45) is 0.463. The van der Waals surface area contributed by atoms with Crippen LogP contribution in [0, 0.1) is 5.82 Å². The first-order chi connectivity index (χ1) is 11.9. The van der Waals surface area contributed by atoms with E-state index in [9.17, 15) is 9.18 Å². The van der Waals surface area contributed by atoms with Crippen molar-refractivity contribution < 1.29 is 13.9 Å². The Bertz CT molecular complexity index is 919. The fourth-order valence-electron chi connectivity index (χ4n) is 2.33. The lowest BCUT2D eigenvalue weighted by molar-refractivity contribution is 0.100. The second-order valence-electron chi connectivity index (χ2n) is 5.28. The number of ether oxygens (including phenoxy) is 1. The van der Waals surface area contributed by atoms with Gasteiger partial charge in [0.15, 0.2) is 5.06 Å². The van der Waals surface area contributed by atoms with Crippen LogP contribution in [0.25, 0.3) is 0 Å². The summed E-state index contributed by atoms with van der Waals surface area (Å²) in [4.78, 5) is 16.4. The first-order valence-electron chi connectivity index (χ1n) is 7.29. The van der Waals surface area contributed by atoms with Crippen molar-refractivity contribution in [2.24, 2.45) is 5.73 Å². The standard InChI is InChI=1S/C17H15FN4O2S/c18-9-2-1-3-11(6-9)24-14-5-4-12(25-14)7-10-8-13(19)15(17(21)23)16(20)22-10/h1-6,8H,7H2,(H2,21,23)(H4,19,20,22). The second-order valence-corrected chi connectivity index (χ2v) is 6.42. The number of nitrogen functional groups attached to an aromatic ring is 2. The van der Waals surface area contributed by atoms with Gasteiger partial charge in [0.2, 0.25) is 0 Å². The smallest absolute Gasteiger partial charge is 0.254 e. The molecular formula is C17H15FN4O2S. The Kier molecular flexibility index (Phi) is 4.53. The molecule has 3 rings (SSSR count). The van der Waals surface area contributed by atoms with Gasteiger partial charge in [0.05, 0.1) is 5.69 Å². The molecular weight excluding hydrogens is 343 g/mol. The number of carbonyl (C=O) groups is 1. The third-order valence-corrected chi connectivity index (χ3v) is 4.35. The molecule has 0 radical (unpaired) electrons. The zero-order valence-electron chi connectivity index (χ0n) is 13.0. The van der Waals surface area contributed by atoms with Crippen LogP contribution in [0.15, 0.2) is 42.5 Å². The summed E-state index contributed by atoms with van der Waals surface area (Å²) in [5.41, 5.74) is 17.6. The number of aromatic nitrogens is 1. The van der Waals surface area contributed by atoms with Gasteiger partial charge in [-0.1, -0.05) is 6.07 Å². The first-order valence-corrected chi connectivity index (χ1v) is 8.11. The summed E-state index contributed by atoms with van der Waals surface area (Å²) >= 11 is 1.39. The number of hydrogen-bond acceptors (Lipinski definition) is 6. The molecule has 6 N–H and O–H groups in total. The summed E-state index contributed by atoms with van der Waals surface area (Å²) in [5.74, 6) is -0.643. The number of halogens is 1. The zero-order chi connectivity index (χ0) is 18.0. The van der Waals surface area contributed by atoms with Crippen LogP contribution in [0.2, 0.25) is 0 Å². The lowest BCUT2D eigenvalue weighted by atomic mass is 10.1. The van der Waals surface area contributed by atoms with E-state index in [0.717, 1.165) is 4.88 Å². The summed E-state index contributed by atoms with van der Waals surface area (Å²) < 4.78 is 18.8. The van der Waals surface area contributed by atoms with E-state index < -0.39 is 5.91 Å². The molecule has 128 valence electrons. The van der Waals surface area contributed by atoms with E-state index in [2.05, 4.69) is 4.98 Å². The predicted octanol–water partition coefficient (Wildman–Crippen LogP) is 2.93. The van der Waals surface area contributed by atoms with Crippen molar-refractivity contribution >= 4 is 28.7 Å². The predicted molar refractivity (Wildman–Crippen MR) is 95.2 cm³/mol. The fourth-order valence-corrected chi connectivity index (χ4v) is 3.22. The van der Waals surface area contributed by atoms with Crippen molar-refractivity contribution in [2.75, 3.05) is 11.5 Å². The minimum atomic E-state index is -0.712. The SMILES string of the molecule is NC(=O)c1c(N)cc(Cc2ccc(Oc3cccc(F)c3)s2)nc1N. The Morgan fingerprint density at radius 3 is 2.68 bits per heavy atom. The Balaban J connectivity index is 1.76. The molecule has 0 spiro atoms. The molecule has 6 nitrogen and oxygen atoms in total. The fraction of sp³-hybridized carbons (Fsp3) is 0.0588. The molecule has 0 saturated heterocycles. The molecule has 0 aliphatic rings. The number of amides is 1. The third kappa shape index (κ3) is 3.86. The van der Waals surface area contributed by atoms with Crippen molar-refractivity contribution in [3.8, 4) is 10.8 Å². The van der Waals surface area contributed by atoms with E-state index in [4.69, 9.17) is 21.9 Å². The number of thiophene rings is 1. The van der Waals surface area contributed by atoms with Gasteiger partial charge in [0.25, 0.3) is 5.91 Å². The van der Waals surface area contributed by atoms with E-state index >= 15 is 0 Å². The normalized spacial score (nSPS) is 10.6. The highest BCUT2D eigenvalue weighted by atomic mass is 32.1. The number of carbonyl (C=O) groups excluding carboxylic acids is 1. The third-order valence-electron chi connectivity index (χ3n) is 3.38. The topological polar surface area (TPSA) is 117 Å². The van der Waals surface area contributed by atoms with Crippen LogP contribution >= 0.6 is 11.3 Å². The average molecular weight is 358 g/mol. The Morgan fingerprint density at radius 2 is 2.00 bits per heavy atom. The van der Waals surface area contributed by atoms with Crippen LogP contribution < -0.4 is 21.9 Å². The molecule has 25 heavy (non-hydrogen) atoms. The van der Waals surface area contributed by atoms with Crippen molar-refractivity contribution in [2.45, 2.75) is 6.42 Å². The summed E-state index contributed by atoms with van der Waals surface area (Å²) in [5, 5.41) is 0.621. The van der Waals surface area contributed by atoms with Gasteiger partial charge in [-0.05, 0) is 30.3 Å². The highest BCUT2D eigenvalue weighted by Gasteiger charge is 2.14. The quantitative estimate of drug-likeness (QED) is 0.648. The van der Waals surface area contributed by atoms with Crippen LogP contribution in [0.4, 0.5) is 15.9 Å². The van der Waals surface area contributed by atoms with Crippen molar-refractivity contribution in [3.05, 3.63) is 64.4 Å². The van der Waals surface area contributed by atoms with Crippen LogP contribution in [0.3, 0.4) is 0 Å². The van der Waals surface area contributed by atoms with Gasteiger partial charge in [-0.2, -0.15) is 0 Å².